The Morgan fingerprint density at radius 2 is 1.83 bits per heavy atom. The van der Waals surface area contributed by atoms with Crippen molar-refractivity contribution in [3.8, 4) is 0 Å². The highest BCUT2D eigenvalue weighted by atomic mass is 35.5. The number of amides is 1. The number of rotatable bonds is 5. The van der Waals surface area contributed by atoms with E-state index in [0.717, 1.165) is 17.8 Å². The lowest BCUT2D eigenvalue weighted by Gasteiger charge is -2.19. The molecule has 24 heavy (non-hydrogen) atoms. The molecule has 0 fully saturated rings. The third-order valence-corrected chi connectivity index (χ3v) is 4.50. The molecule has 1 rings (SSSR count). The number of hydrogen-bond acceptors (Lipinski definition) is 4. The molecule has 0 saturated heterocycles. The van der Waals surface area contributed by atoms with Crippen LogP contribution in [0.2, 0.25) is 5.02 Å². The third kappa shape index (κ3) is 5.98. The maximum Gasteiger partial charge on any atom is 0.319 e. The van der Waals surface area contributed by atoms with Crippen molar-refractivity contribution >= 4 is 40.9 Å². The lowest BCUT2D eigenvalue weighted by molar-refractivity contribution is -0.146. The van der Waals surface area contributed by atoms with Gasteiger partial charge in [-0.25, -0.2) is 4.39 Å². The van der Waals surface area contributed by atoms with Gasteiger partial charge in [-0.05, 0) is 32.9 Å². The van der Waals surface area contributed by atoms with Crippen LogP contribution in [0, 0.1) is 11.2 Å². The molecule has 0 heterocycles. The van der Waals surface area contributed by atoms with Crippen molar-refractivity contribution in [3.05, 3.63) is 23.0 Å². The van der Waals surface area contributed by atoms with Gasteiger partial charge in [-0.15, -0.1) is 11.8 Å². The zero-order chi connectivity index (χ0) is 18.7. The maximum atomic E-state index is 14.0. The summed E-state index contributed by atoms with van der Waals surface area (Å²) in [4.78, 5) is 24.4. The molecule has 1 N–H and O–H groups in total. The minimum atomic E-state index is -0.659. The van der Waals surface area contributed by atoms with Crippen LogP contribution in [0.15, 0.2) is 17.0 Å². The summed E-state index contributed by atoms with van der Waals surface area (Å²) >= 11 is 7.21. The van der Waals surface area contributed by atoms with Crippen LogP contribution in [0.4, 0.5) is 10.1 Å². The number of halogens is 2. The summed E-state index contributed by atoms with van der Waals surface area (Å²) < 4.78 is 19.2. The van der Waals surface area contributed by atoms with Crippen LogP contribution in [0.5, 0.6) is 0 Å². The number of anilines is 1. The summed E-state index contributed by atoms with van der Waals surface area (Å²) in [6, 6.07) is 2.56. The molecule has 0 spiro atoms. The molecule has 0 aliphatic rings. The van der Waals surface area contributed by atoms with Gasteiger partial charge in [0.15, 0.2) is 0 Å². The Hall–Kier alpha value is -1.27. The summed E-state index contributed by atoms with van der Waals surface area (Å²) in [5, 5.41) is 2.21. The first-order valence-electron chi connectivity index (χ1n) is 7.59. The molecule has 0 aliphatic heterocycles. The Morgan fingerprint density at radius 1 is 1.25 bits per heavy atom. The number of carbonyl (C=O) groups excluding carboxylic acids is 2. The largest absolute Gasteiger partial charge is 0.462 e. The zero-order valence-corrected chi connectivity index (χ0v) is 16.3. The Morgan fingerprint density at radius 3 is 2.33 bits per heavy atom. The molecule has 1 amide bonds. The van der Waals surface area contributed by atoms with E-state index in [1.807, 2.05) is 0 Å². The summed E-state index contributed by atoms with van der Waals surface area (Å²) in [6.45, 7) is 10.4. The van der Waals surface area contributed by atoms with Gasteiger partial charge in [-0.1, -0.05) is 32.4 Å². The van der Waals surface area contributed by atoms with Gasteiger partial charge in [0.05, 0.1) is 16.8 Å². The smallest absolute Gasteiger partial charge is 0.319 e. The second kappa shape index (κ2) is 8.21. The van der Waals surface area contributed by atoms with Crippen LogP contribution in [0.1, 0.15) is 41.5 Å². The van der Waals surface area contributed by atoms with E-state index in [0.29, 0.717) is 4.90 Å². The van der Waals surface area contributed by atoms with Gasteiger partial charge in [0, 0.05) is 10.3 Å². The molecule has 7 heteroatoms. The van der Waals surface area contributed by atoms with E-state index in [2.05, 4.69) is 5.32 Å². The Balaban J connectivity index is 2.98. The molecule has 1 atom stereocenters. The predicted molar refractivity (Wildman–Crippen MR) is 96.0 cm³/mol. The molecule has 1 aromatic carbocycles. The summed E-state index contributed by atoms with van der Waals surface area (Å²) in [6.07, 6.45) is -0.217. The SMILES string of the molecule is CC(C)OC(=O)C(C)Sc1cc(NC(=O)C(C)(C)C)c(F)cc1Cl. The number of hydrogen-bond donors (Lipinski definition) is 1. The molecule has 0 saturated carbocycles. The van der Waals surface area contributed by atoms with Crippen molar-refractivity contribution in [2.24, 2.45) is 5.41 Å². The molecule has 134 valence electrons. The topological polar surface area (TPSA) is 55.4 Å². The van der Waals surface area contributed by atoms with E-state index in [1.165, 1.54) is 6.07 Å². The summed E-state index contributed by atoms with van der Waals surface area (Å²) in [7, 11) is 0. The van der Waals surface area contributed by atoms with Crippen molar-refractivity contribution in [1.29, 1.82) is 0 Å². The first kappa shape index (κ1) is 20.8. The highest BCUT2D eigenvalue weighted by Crippen LogP contribution is 2.35. The number of thioether (sulfide) groups is 1. The first-order chi connectivity index (χ1) is 10.9. The standard InChI is InChI=1S/C17H23ClFNO3S/c1-9(2)23-15(21)10(3)24-14-8-13(12(19)7-11(14)18)20-16(22)17(4,5)6/h7-10H,1-6H3,(H,20,22). The van der Waals surface area contributed by atoms with E-state index < -0.39 is 16.5 Å². The van der Waals surface area contributed by atoms with Gasteiger partial charge in [-0.2, -0.15) is 0 Å². The van der Waals surface area contributed by atoms with Crippen molar-refractivity contribution in [3.63, 3.8) is 0 Å². The van der Waals surface area contributed by atoms with Crippen molar-refractivity contribution < 1.29 is 18.7 Å². The van der Waals surface area contributed by atoms with E-state index in [4.69, 9.17) is 16.3 Å². The van der Waals surface area contributed by atoms with Crippen LogP contribution in [-0.2, 0) is 14.3 Å². The molecular weight excluding hydrogens is 353 g/mol. The monoisotopic (exact) mass is 375 g/mol. The fraction of sp³-hybridized carbons (Fsp3) is 0.529. The second-order valence-electron chi connectivity index (χ2n) is 6.71. The van der Waals surface area contributed by atoms with Crippen LogP contribution in [0.3, 0.4) is 0 Å². The maximum absolute atomic E-state index is 14.0. The minimum absolute atomic E-state index is 0.0336. The van der Waals surface area contributed by atoms with Gasteiger partial charge in [-0.3, -0.25) is 9.59 Å². The van der Waals surface area contributed by atoms with E-state index in [9.17, 15) is 14.0 Å². The van der Waals surface area contributed by atoms with E-state index in [1.54, 1.807) is 41.5 Å². The normalized spacial score (nSPS) is 12.9. The van der Waals surface area contributed by atoms with Gasteiger partial charge >= 0.3 is 5.97 Å². The quantitative estimate of drug-likeness (QED) is 0.587. The fourth-order valence-corrected chi connectivity index (χ4v) is 2.77. The number of nitrogens with one attached hydrogen (secondary N) is 1. The average molecular weight is 376 g/mol. The Labute approximate surface area is 151 Å². The molecule has 1 unspecified atom stereocenters. The van der Waals surface area contributed by atoms with Crippen LogP contribution in [0.25, 0.3) is 0 Å². The molecule has 4 nitrogen and oxygen atoms in total. The number of ether oxygens (including phenoxy) is 1. The van der Waals surface area contributed by atoms with E-state index in [-0.39, 0.29) is 28.7 Å². The molecule has 0 aliphatic carbocycles. The second-order valence-corrected chi connectivity index (χ2v) is 8.50. The lowest BCUT2D eigenvalue weighted by Crippen LogP contribution is -2.28. The molecular formula is C17H23ClFNO3S. The Kier molecular flexibility index (Phi) is 7.10. The van der Waals surface area contributed by atoms with Crippen LogP contribution in [-0.4, -0.2) is 23.2 Å². The summed E-state index contributed by atoms with van der Waals surface area (Å²) in [5.41, 5.74) is -0.625. The van der Waals surface area contributed by atoms with Gasteiger partial charge in [0.1, 0.15) is 11.1 Å². The summed E-state index contributed by atoms with van der Waals surface area (Å²) in [5.74, 6) is -1.32. The van der Waals surface area contributed by atoms with Crippen molar-refractivity contribution in [2.75, 3.05) is 5.32 Å². The first-order valence-corrected chi connectivity index (χ1v) is 8.85. The van der Waals surface area contributed by atoms with Crippen LogP contribution < -0.4 is 5.32 Å². The molecule has 0 aromatic heterocycles. The minimum Gasteiger partial charge on any atom is -0.462 e. The van der Waals surface area contributed by atoms with Crippen LogP contribution >= 0.6 is 23.4 Å². The van der Waals surface area contributed by atoms with Gasteiger partial charge in [0.2, 0.25) is 5.91 Å². The lowest BCUT2D eigenvalue weighted by atomic mass is 9.95. The van der Waals surface area contributed by atoms with E-state index >= 15 is 0 Å². The fourth-order valence-electron chi connectivity index (χ4n) is 1.59. The molecule has 1 aromatic rings. The zero-order valence-electron chi connectivity index (χ0n) is 14.7. The predicted octanol–water partition coefficient (Wildman–Crippen LogP) is 4.90. The molecule has 0 bridgehead atoms. The highest BCUT2D eigenvalue weighted by molar-refractivity contribution is 8.00. The number of benzene rings is 1. The number of carbonyl (C=O) groups is 2. The molecule has 0 radical (unpaired) electrons. The van der Waals surface area contributed by atoms with Gasteiger partial charge < -0.3 is 10.1 Å². The van der Waals surface area contributed by atoms with Gasteiger partial charge in [0.25, 0.3) is 0 Å². The number of esters is 1. The van der Waals surface area contributed by atoms with Crippen molar-refractivity contribution in [2.45, 2.75) is 57.8 Å². The third-order valence-electron chi connectivity index (χ3n) is 2.94. The Bertz CT molecular complexity index is 629. The highest BCUT2D eigenvalue weighted by Gasteiger charge is 2.24. The van der Waals surface area contributed by atoms with Crippen molar-refractivity contribution in [1.82, 2.24) is 0 Å². The average Bonchev–Trinajstić information content (AvgIpc) is 2.41.